The summed E-state index contributed by atoms with van der Waals surface area (Å²) in [6.45, 7) is -1.06. The summed E-state index contributed by atoms with van der Waals surface area (Å²) in [4.78, 5) is 34.2. The third kappa shape index (κ3) is 4.06. The Morgan fingerprint density at radius 1 is 1.28 bits per heavy atom. The number of carbonyl (C=O) groups is 3. The topological polar surface area (TPSA) is 101 Å². The summed E-state index contributed by atoms with van der Waals surface area (Å²) >= 11 is 5.73. The van der Waals surface area contributed by atoms with Crippen molar-refractivity contribution >= 4 is 29.4 Å². The van der Waals surface area contributed by atoms with E-state index in [-0.39, 0.29) is 5.56 Å². The molecule has 96 valence electrons. The van der Waals surface area contributed by atoms with E-state index in [1.165, 1.54) is 12.1 Å². The molecule has 3 N–H and O–H groups in total. The van der Waals surface area contributed by atoms with E-state index in [1.54, 1.807) is 12.1 Å². The number of carbonyl (C=O) groups excluding carboxylic acids is 2. The summed E-state index contributed by atoms with van der Waals surface area (Å²) in [6.07, 6.45) is 0. The number of benzene rings is 1. The molecule has 0 aliphatic rings. The number of hydrogen-bond donors (Lipinski definition) is 2. The molecule has 0 unspecified atom stereocenters. The number of halogens is 1. The van der Waals surface area contributed by atoms with Crippen molar-refractivity contribution < 1.29 is 19.5 Å². The smallest absolute Gasteiger partial charge is 0.323 e. The van der Waals surface area contributed by atoms with Gasteiger partial charge in [0.2, 0.25) is 5.91 Å². The lowest BCUT2D eigenvalue weighted by Crippen LogP contribution is -2.41. The maximum absolute atomic E-state index is 12.0. The Balaban J connectivity index is 2.94. The fraction of sp³-hybridized carbons (Fsp3) is 0.182. The highest BCUT2D eigenvalue weighted by Crippen LogP contribution is 2.12. The van der Waals surface area contributed by atoms with Gasteiger partial charge in [0, 0.05) is 10.6 Å². The molecule has 0 spiro atoms. The van der Waals surface area contributed by atoms with Crippen LogP contribution in [0.1, 0.15) is 10.4 Å². The van der Waals surface area contributed by atoms with E-state index in [1.807, 2.05) is 0 Å². The minimum Gasteiger partial charge on any atom is -0.480 e. The molecule has 0 atom stereocenters. The highest BCUT2D eigenvalue weighted by molar-refractivity contribution is 6.31. The molecular formula is C11H11ClN2O4. The summed E-state index contributed by atoms with van der Waals surface area (Å²) in [7, 11) is 0. The van der Waals surface area contributed by atoms with Gasteiger partial charge in [-0.3, -0.25) is 14.4 Å². The zero-order valence-electron chi connectivity index (χ0n) is 9.30. The third-order valence-corrected chi connectivity index (χ3v) is 2.27. The number of primary amides is 1. The summed E-state index contributed by atoms with van der Waals surface area (Å²) in [5.41, 5.74) is 5.16. The minimum atomic E-state index is -1.23. The molecule has 0 saturated carbocycles. The molecular weight excluding hydrogens is 260 g/mol. The fourth-order valence-corrected chi connectivity index (χ4v) is 1.55. The number of hydrogen-bond acceptors (Lipinski definition) is 3. The summed E-state index contributed by atoms with van der Waals surface area (Å²) in [5, 5.41) is 9.02. The van der Waals surface area contributed by atoms with Gasteiger partial charge >= 0.3 is 5.97 Å². The maximum Gasteiger partial charge on any atom is 0.323 e. The van der Waals surface area contributed by atoms with Gasteiger partial charge in [0.1, 0.15) is 13.1 Å². The fourth-order valence-electron chi connectivity index (χ4n) is 1.35. The number of carboxylic acids is 1. The molecule has 0 aromatic heterocycles. The van der Waals surface area contributed by atoms with Crippen LogP contribution in [0.5, 0.6) is 0 Å². The van der Waals surface area contributed by atoms with E-state index in [2.05, 4.69) is 0 Å². The van der Waals surface area contributed by atoms with Crippen LogP contribution in [0.25, 0.3) is 0 Å². The van der Waals surface area contributed by atoms with Gasteiger partial charge < -0.3 is 15.7 Å². The molecule has 6 nitrogen and oxygen atoms in total. The summed E-state index contributed by atoms with van der Waals surface area (Å²) < 4.78 is 0. The highest BCUT2D eigenvalue weighted by Gasteiger charge is 2.20. The predicted octanol–water partition coefficient (Wildman–Crippen LogP) is 0.352. The quantitative estimate of drug-likeness (QED) is 0.806. The zero-order valence-corrected chi connectivity index (χ0v) is 10.1. The molecule has 0 heterocycles. The largest absolute Gasteiger partial charge is 0.480 e. The van der Waals surface area contributed by atoms with Crippen molar-refractivity contribution in [2.24, 2.45) is 5.73 Å². The second-order valence-corrected chi connectivity index (χ2v) is 3.97. The molecule has 1 rings (SSSR count). The van der Waals surface area contributed by atoms with Gasteiger partial charge in [-0.1, -0.05) is 17.7 Å². The van der Waals surface area contributed by atoms with E-state index >= 15 is 0 Å². The lowest BCUT2D eigenvalue weighted by molar-refractivity contribution is -0.138. The van der Waals surface area contributed by atoms with E-state index < -0.39 is 30.9 Å². The minimum absolute atomic E-state index is 0.199. The predicted molar refractivity (Wildman–Crippen MR) is 64.2 cm³/mol. The average Bonchev–Trinajstić information content (AvgIpc) is 2.26. The van der Waals surface area contributed by atoms with Crippen molar-refractivity contribution in [3.05, 3.63) is 34.9 Å². The van der Waals surface area contributed by atoms with Gasteiger partial charge in [0.25, 0.3) is 5.91 Å². The van der Waals surface area contributed by atoms with E-state index in [4.69, 9.17) is 22.4 Å². The molecule has 1 aromatic rings. The second kappa shape index (κ2) is 6.02. The average molecular weight is 271 g/mol. The second-order valence-electron chi connectivity index (χ2n) is 3.53. The first-order valence-corrected chi connectivity index (χ1v) is 5.33. The molecule has 0 fully saturated rings. The van der Waals surface area contributed by atoms with Crippen molar-refractivity contribution in [2.45, 2.75) is 0 Å². The Kier molecular flexibility index (Phi) is 4.67. The van der Waals surface area contributed by atoms with Crippen molar-refractivity contribution in [3.8, 4) is 0 Å². The Hall–Kier alpha value is -2.08. The SMILES string of the molecule is NC(=O)CN(CC(=O)O)C(=O)c1cccc(Cl)c1. The first kappa shape index (κ1) is 14.0. The van der Waals surface area contributed by atoms with E-state index in [0.29, 0.717) is 5.02 Å². The van der Waals surface area contributed by atoms with Gasteiger partial charge in [-0.05, 0) is 18.2 Å². The maximum atomic E-state index is 12.0. The van der Waals surface area contributed by atoms with Crippen molar-refractivity contribution in [1.82, 2.24) is 4.90 Å². The zero-order chi connectivity index (χ0) is 13.7. The van der Waals surface area contributed by atoms with Gasteiger partial charge in [-0.2, -0.15) is 0 Å². The molecule has 7 heteroatoms. The molecule has 0 bridgehead atoms. The molecule has 2 amide bonds. The van der Waals surface area contributed by atoms with Crippen molar-refractivity contribution in [3.63, 3.8) is 0 Å². The molecule has 0 aliphatic carbocycles. The first-order chi connectivity index (χ1) is 8.40. The first-order valence-electron chi connectivity index (χ1n) is 4.95. The van der Waals surface area contributed by atoms with Gasteiger partial charge in [-0.25, -0.2) is 0 Å². The third-order valence-electron chi connectivity index (χ3n) is 2.03. The Morgan fingerprint density at radius 3 is 2.44 bits per heavy atom. The molecule has 1 aromatic carbocycles. The number of rotatable bonds is 5. The lowest BCUT2D eigenvalue weighted by atomic mass is 10.2. The number of aliphatic carboxylic acids is 1. The monoisotopic (exact) mass is 270 g/mol. The Labute approximate surface area is 108 Å². The number of amides is 2. The van der Waals surface area contributed by atoms with Crippen LogP contribution in [-0.4, -0.2) is 40.9 Å². The van der Waals surface area contributed by atoms with Crippen LogP contribution >= 0.6 is 11.6 Å². The molecule has 18 heavy (non-hydrogen) atoms. The van der Waals surface area contributed by atoms with Gasteiger partial charge in [-0.15, -0.1) is 0 Å². The number of carboxylic acid groups (broad SMARTS) is 1. The highest BCUT2D eigenvalue weighted by atomic mass is 35.5. The van der Waals surface area contributed by atoms with Crippen LogP contribution in [0.2, 0.25) is 5.02 Å². The molecule has 0 aliphatic heterocycles. The summed E-state index contributed by atoms with van der Waals surface area (Å²) in [6, 6.07) is 6.00. The Morgan fingerprint density at radius 2 is 1.94 bits per heavy atom. The van der Waals surface area contributed by atoms with Gasteiger partial charge in [0.05, 0.1) is 0 Å². The van der Waals surface area contributed by atoms with E-state index in [0.717, 1.165) is 4.90 Å². The van der Waals surface area contributed by atoms with Gasteiger partial charge in [0.15, 0.2) is 0 Å². The Bertz CT molecular complexity index is 474. The van der Waals surface area contributed by atoms with Crippen LogP contribution in [0.3, 0.4) is 0 Å². The van der Waals surface area contributed by atoms with Crippen LogP contribution in [0.15, 0.2) is 24.3 Å². The standard InChI is InChI=1S/C11H11ClN2O4/c12-8-3-1-2-7(4-8)11(18)14(5-9(13)15)6-10(16)17/h1-4H,5-6H2,(H2,13,15)(H,16,17). The lowest BCUT2D eigenvalue weighted by Gasteiger charge is -2.18. The van der Waals surface area contributed by atoms with Crippen LogP contribution < -0.4 is 5.73 Å². The molecule has 0 saturated heterocycles. The molecule has 0 radical (unpaired) electrons. The van der Waals surface area contributed by atoms with Crippen molar-refractivity contribution in [1.29, 1.82) is 0 Å². The van der Waals surface area contributed by atoms with Crippen molar-refractivity contribution in [2.75, 3.05) is 13.1 Å². The van der Waals surface area contributed by atoms with Crippen LogP contribution in [0.4, 0.5) is 0 Å². The van der Waals surface area contributed by atoms with Crippen LogP contribution in [-0.2, 0) is 9.59 Å². The van der Waals surface area contributed by atoms with Crippen LogP contribution in [0, 0.1) is 0 Å². The normalized spacial score (nSPS) is 9.83. The number of nitrogens with two attached hydrogens (primary N) is 1. The summed E-state index contributed by atoms with van der Waals surface area (Å²) in [5.74, 6) is -2.63. The number of nitrogens with zero attached hydrogens (tertiary/aromatic N) is 1. The van der Waals surface area contributed by atoms with E-state index in [9.17, 15) is 14.4 Å².